The van der Waals surface area contributed by atoms with Crippen molar-refractivity contribution in [2.75, 3.05) is 0 Å². The minimum absolute atomic E-state index is 0.304. The maximum absolute atomic E-state index is 13.2. The zero-order valence-corrected chi connectivity index (χ0v) is 15.8. The molecule has 0 radical (unpaired) electrons. The summed E-state index contributed by atoms with van der Waals surface area (Å²) in [4.78, 5) is 30.3. The first-order valence-electron chi connectivity index (χ1n) is 9.04. The molecular weight excluding hydrogens is 352 g/mol. The third-order valence-electron chi connectivity index (χ3n) is 5.38. The van der Waals surface area contributed by atoms with Crippen LogP contribution in [0.2, 0.25) is 0 Å². The number of hydrogen-bond donors (Lipinski definition) is 0. The lowest BCUT2D eigenvalue weighted by Gasteiger charge is -2.08. The van der Waals surface area contributed by atoms with Crippen molar-refractivity contribution < 1.29 is 0 Å². The summed E-state index contributed by atoms with van der Waals surface area (Å²) in [6, 6.07) is 15.9. The van der Waals surface area contributed by atoms with Crippen LogP contribution in [0.15, 0.2) is 64.3 Å². The molecule has 0 saturated carbocycles. The quantitative estimate of drug-likeness (QED) is 0.456. The summed E-state index contributed by atoms with van der Waals surface area (Å²) < 4.78 is 4.73. The molecule has 6 nitrogen and oxygen atoms in total. The van der Waals surface area contributed by atoms with Crippen LogP contribution >= 0.6 is 0 Å². The van der Waals surface area contributed by atoms with Crippen molar-refractivity contribution in [1.82, 2.24) is 18.5 Å². The number of hydrogen-bond acceptors (Lipinski definition) is 3. The molecule has 0 aliphatic heterocycles. The Bertz CT molecular complexity index is 1520. The van der Waals surface area contributed by atoms with Crippen molar-refractivity contribution >= 4 is 27.5 Å². The fourth-order valence-corrected chi connectivity index (χ4v) is 3.94. The Morgan fingerprint density at radius 2 is 1.57 bits per heavy atom. The molecule has 0 unspecified atom stereocenters. The van der Waals surface area contributed by atoms with Gasteiger partial charge >= 0.3 is 5.69 Å². The number of aromatic nitrogens is 4. The highest BCUT2D eigenvalue weighted by molar-refractivity contribution is 6.06. The monoisotopic (exact) mass is 370 g/mol. The minimum atomic E-state index is -0.353. The topological polar surface area (TPSA) is 61.3 Å². The van der Waals surface area contributed by atoms with E-state index in [2.05, 4.69) is 4.98 Å². The van der Waals surface area contributed by atoms with Crippen LogP contribution in [0.5, 0.6) is 0 Å². The van der Waals surface area contributed by atoms with E-state index in [1.807, 2.05) is 59.9 Å². The number of rotatable bonds is 1. The molecule has 0 aliphatic carbocycles. The molecule has 5 rings (SSSR count). The van der Waals surface area contributed by atoms with E-state index in [0.717, 1.165) is 37.9 Å². The average Bonchev–Trinajstić information content (AvgIpc) is 3.07. The van der Waals surface area contributed by atoms with E-state index in [9.17, 15) is 9.59 Å². The smallest absolute Gasteiger partial charge is 0.303 e. The van der Waals surface area contributed by atoms with E-state index in [4.69, 9.17) is 0 Å². The van der Waals surface area contributed by atoms with Crippen LogP contribution in [-0.2, 0) is 14.1 Å². The molecule has 0 bridgehead atoms. The molecule has 0 atom stereocenters. The van der Waals surface area contributed by atoms with E-state index in [0.29, 0.717) is 10.9 Å². The Hall–Kier alpha value is -3.67. The molecule has 0 saturated heterocycles. The highest BCUT2D eigenvalue weighted by Gasteiger charge is 2.22. The summed E-state index contributed by atoms with van der Waals surface area (Å²) in [7, 11) is 3.21. The van der Waals surface area contributed by atoms with Gasteiger partial charge < -0.3 is 4.40 Å². The molecule has 0 aliphatic rings. The minimum Gasteiger partial charge on any atom is -0.303 e. The molecule has 0 spiro atoms. The van der Waals surface area contributed by atoms with Gasteiger partial charge in [-0.25, -0.2) is 4.79 Å². The van der Waals surface area contributed by atoms with Gasteiger partial charge in [-0.1, -0.05) is 42.0 Å². The second-order valence-corrected chi connectivity index (χ2v) is 7.11. The van der Waals surface area contributed by atoms with Gasteiger partial charge in [0.25, 0.3) is 5.56 Å². The standard InChI is InChI=1S/C22H18N4O2/c1-13-8-10-14(11-9-13)19-18-20(24(2)22(28)25(3)21(18)27)17-12-23-15-6-4-5-7-16(15)26(17)19/h4-12H,1-3H3. The van der Waals surface area contributed by atoms with Gasteiger partial charge in [-0.3, -0.25) is 18.9 Å². The van der Waals surface area contributed by atoms with E-state index in [-0.39, 0.29) is 11.2 Å². The van der Waals surface area contributed by atoms with Gasteiger partial charge in [0.1, 0.15) is 0 Å². The second kappa shape index (κ2) is 5.66. The third-order valence-corrected chi connectivity index (χ3v) is 5.38. The predicted molar refractivity (Wildman–Crippen MR) is 111 cm³/mol. The van der Waals surface area contributed by atoms with Gasteiger partial charge in [-0.15, -0.1) is 0 Å². The van der Waals surface area contributed by atoms with Gasteiger partial charge in [-0.2, -0.15) is 0 Å². The van der Waals surface area contributed by atoms with Crippen LogP contribution in [0.3, 0.4) is 0 Å². The van der Waals surface area contributed by atoms with Gasteiger partial charge in [0.15, 0.2) is 0 Å². The molecule has 28 heavy (non-hydrogen) atoms. The summed E-state index contributed by atoms with van der Waals surface area (Å²) in [5, 5.41) is 0.520. The fraction of sp³-hybridized carbons (Fsp3) is 0.136. The molecule has 0 N–H and O–H groups in total. The van der Waals surface area contributed by atoms with Crippen molar-refractivity contribution in [2.45, 2.75) is 6.92 Å². The molecule has 6 heteroatoms. The van der Waals surface area contributed by atoms with Crippen LogP contribution in [0.25, 0.3) is 38.7 Å². The van der Waals surface area contributed by atoms with Crippen molar-refractivity contribution in [3.63, 3.8) is 0 Å². The number of nitrogens with zero attached hydrogens (tertiary/aromatic N) is 4. The maximum atomic E-state index is 13.2. The zero-order chi connectivity index (χ0) is 19.6. The summed E-state index contributed by atoms with van der Waals surface area (Å²) in [5.41, 5.74) is 5.23. The normalized spacial score (nSPS) is 11.7. The molecule has 3 heterocycles. The third kappa shape index (κ3) is 2.05. The maximum Gasteiger partial charge on any atom is 0.331 e. The molecular formula is C22H18N4O2. The summed E-state index contributed by atoms with van der Waals surface area (Å²) >= 11 is 0. The summed E-state index contributed by atoms with van der Waals surface area (Å²) in [6.07, 6.45) is 1.74. The van der Waals surface area contributed by atoms with E-state index >= 15 is 0 Å². The van der Waals surface area contributed by atoms with Crippen molar-refractivity contribution in [2.24, 2.45) is 14.1 Å². The van der Waals surface area contributed by atoms with Crippen molar-refractivity contribution in [1.29, 1.82) is 0 Å². The highest BCUT2D eigenvalue weighted by Crippen LogP contribution is 2.33. The lowest BCUT2D eigenvalue weighted by molar-refractivity contribution is 0.716. The number of aryl methyl sites for hydroxylation is 2. The lowest BCUT2D eigenvalue weighted by atomic mass is 10.1. The van der Waals surface area contributed by atoms with E-state index in [1.165, 1.54) is 11.6 Å². The Morgan fingerprint density at radius 3 is 2.32 bits per heavy atom. The Morgan fingerprint density at radius 1 is 0.857 bits per heavy atom. The van der Waals surface area contributed by atoms with Crippen LogP contribution in [0.1, 0.15) is 5.56 Å². The lowest BCUT2D eigenvalue weighted by Crippen LogP contribution is -2.36. The van der Waals surface area contributed by atoms with Crippen molar-refractivity contribution in [3.8, 4) is 11.3 Å². The molecule has 0 amide bonds. The average molecular weight is 370 g/mol. The zero-order valence-electron chi connectivity index (χ0n) is 15.8. The number of para-hydroxylation sites is 2. The van der Waals surface area contributed by atoms with Gasteiger partial charge in [-0.05, 0) is 24.6 Å². The van der Waals surface area contributed by atoms with E-state index < -0.39 is 0 Å². The van der Waals surface area contributed by atoms with Crippen LogP contribution < -0.4 is 11.2 Å². The number of fused-ring (bicyclic) bond motifs is 5. The molecule has 2 aromatic carbocycles. The molecule has 138 valence electrons. The molecule has 0 fully saturated rings. The SMILES string of the molecule is Cc1ccc(-c2c3c(=O)n(C)c(=O)n(C)c3c3cnc4ccccc4n23)cc1. The highest BCUT2D eigenvalue weighted by atomic mass is 16.2. The molecule has 5 aromatic rings. The van der Waals surface area contributed by atoms with Gasteiger partial charge in [0, 0.05) is 14.1 Å². The van der Waals surface area contributed by atoms with Crippen LogP contribution in [0.4, 0.5) is 0 Å². The van der Waals surface area contributed by atoms with Crippen LogP contribution in [-0.4, -0.2) is 18.5 Å². The first kappa shape index (κ1) is 16.5. The van der Waals surface area contributed by atoms with E-state index in [1.54, 1.807) is 13.2 Å². The van der Waals surface area contributed by atoms with Gasteiger partial charge in [0.05, 0.1) is 39.3 Å². The van der Waals surface area contributed by atoms with Crippen LogP contribution in [0, 0.1) is 6.92 Å². The molecule has 3 aromatic heterocycles. The van der Waals surface area contributed by atoms with Gasteiger partial charge in [0.2, 0.25) is 0 Å². The summed E-state index contributed by atoms with van der Waals surface area (Å²) in [6.45, 7) is 2.03. The first-order chi connectivity index (χ1) is 13.5. The predicted octanol–water partition coefficient (Wildman–Crippen LogP) is 3.01. The number of benzene rings is 2. The fourth-order valence-electron chi connectivity index (χ4n) is 3.94. The largest absolute Gasteiger partial charge is 0.331 e. The first-order valence-corrected chi connectivity index (χ1v) is 9.04. The Labute approximate surface area is 159 Å². The Kier molecular flexibility index (Phi) is 3.34. The Balaban J connectivity index is 2.17. The summed E-state index contributed by atoms with van der Waals surface area (Å²) in [5.74, 6) is 0. The van der Waals surface area contributed by atoms with Crippen molar-refractivity contribution in [3.05, 3.63) is 81.1 Å². The second-order valence-electron chi connectivity index (χ2n) is 7.11.